The van der Waals surface area contributed by atoms with E-state index < -0.39 is 0 Å². The van der Waals surface area contributed by atoms with Crippen LogP contribution < -0.4 is 4.90 Å². The molecule has 1 aliphatic rings. The summed E-state index contributed by atoms with van der Waals surface area (Å²) in [6.07, 6.45) is 8.31. The molecule has 0 amide bonds. The number of fused-ring (bicyclic) bond motifs is 1. The van der Waals surface area contributed by atoms with Crippen molar-refractivity contribution in [3.05, 3.63) is 36.0 Å². The zero-order valence-corrected chi connectivity index (χ0v) is 14.5. The number of aromatic nitrogens is 6. The van der Waals surface area contributed by atoms with E-state index in [1.165, 1.54) is 6.33 Å². The van der Waals surface area contributed by atoms with Crippen molar-refractivity contribution in [1.29, 1.82) is 0 Å². The third kappa shape index (κ3) is 2.88. The lowest BCUT2D eigenvalue weighted by Gasteiger charge is -2.26. The predicted octanol–water partition coefficient (Wildman–Crippen LogP) is 1.66. The smallest absolute Gasteiger partial charge is 0.254 e. The highest BCUT2D eigenvalue weighted by molar-refractivity contribution is 5.96. The molecule has 3 aromatic rings. The maximum atomic E-state index is 12.6. The van der Waals surface area contributed by atoms with Gasteiger partial charge < -0.3 is 4.90 Å². The van der Waals surface area contributed by atoms with Crippen LogP contribution in [-0.4, -0.2) is 47.7 Å². The van der Waals surface area contributed by atoms with Gasteiger partial charge in [0.1, 0.15) is 12.1 Å². The van der Waals surface area contributed by atoms with Crippen LogP contribution in [0.25, 0.3) is 5.78 Å². The van der Waals surface area contributed by atoms with Gasteiger partial charge in [-0.2, -0.15) is 19.7 Å². The van der Waals surface area contributed by atoms with Crippen LogP contribution in [0.3, 0.4) is 0 Å². The van der Waals surface area contributed by atoms with Crippen LogP contribution in [0.1, 0.15) is 42.2 Å². The summed E-state index contributed by atoms with van der Waals surface area (Å²) in [5, 5.41) is 8.41. The lowest BCUT2D eigenvalue weighted by Crippen LogP contribution is -2.33. The highest BCUT2D eigenvalue weighted by Gasteiger charge is 2.29. The summed E-state index contributed by atoms with van der Waals surface area (Å²) in [4.78, 5) is 23.6. The SMILES string of the molecule is CCc1cc(N2CCC[C@@H]2CC(=O)c2cnn(C)c2)n2ncnc2n1. The van der Waals surface area contributed by atoms with Gasteiger partial charge in [-0.15, -0.1) is 0 Å². The fraction of sp³-hybridized carbons (Fsp3) is 0.471. The molecule has 1 fully saturated rings. The second-order valence-corrected chi connectivity index (χ2v) is 6.45. The molecule has 4 heterocycles. The summed E-state index contributed by atoms with van der Waals surface area (Å²) in [5.74, 6) is 1.71. The predicted molar refractivity (Wildman–Crippen MR) is 92.7 cm³/mol. The number of nitrogens with zero attached hydrogens (tertiary/aromatic N) is 7. The third-order valence-corrected chi connectivity index (χ3v) is 4.77. The first kappa shape index (κ1) is 15.7. The molecular formula is C17H21N7O. The van der Waals surface area contributed by atoms with Crippen molar-refractivity contribution in [2.75, 3.05) is 11.4 Å². The number of carbonyl (C=O) groups is 1. The van der Waals surface area contributed by atoms with Crippen molar-refractivity contribution in [2.45, 2.75) is 38.6 Å². The second kappa shape index (κ2) is 6.27. The zero-order chi connectivity index (χ0) is 17.4. The first-order valence-corrected chi connectivity index (χ1v) is 8.64. The minimum atomic E-state index is 0.129. The van der Waals surface area contributed by atoms with Gasteiger partial charge >= 0.3 is 0 Å². The van der Waals surface area contributed by atoms with Crippen LogP contribution in [0.2, 0.25) is 0 Å². The lowest BCUT2D eigenvalue weighted by atomic mass is 10.0. The number of aryl methyl sites for hydroxylation is 2. The van der Waals surface area contributed by atoms with E-state index in [0.717, 1.165) is 37.3 Å². The molecule has 0 unspecified atom stereocenters. The minimum absolute atomic E-state index is 0.129. The molecule has 0 aliphatic carbocycles. The van der Waals surface area contributed by atoms with E-state index >= 15 is 0 Å². The first-order valence-electron chi connectivity index (χ1n) is 8.64. The number of carbonyl (C=O) groups excluding carboxylic acids is 1. The molecule has 0 bridgehead atoms. The van der Waals surface area contributed by atoms with E-state index in [2.05, 4.69) is 38.1 Å². The first-order chi connectivity index (χ1) is 12.2. The molecule has 0 aromatic carbocycles. The summed E-state index contributed by atoms with van der Waals surface area (Å²) in [6.45, 7) is 2.99. The molecule has 1 saturated heterocycles. The van der Waals surface area contributed by atoms with E-state index in [1.54, 1.807) is 21.6 Å². The van der Waals surface area contributed by atoms with Crippen LogP contribution in [0.15, 0.2) is 24.8 Å². The van der Waals surface area contributed by atoms with Gasteiger partial charge in [0, 0.05) is 44.0 Å². The normalized spacial score (nSPS) is 17.5. The Hall–Kier alpha value is -2.77. The van der Waals surface area contributed by atoms with Crippen LogP contribution in [0.4, 0.5) is 5.82 Å². The van der Waals surface area contributed by atoms with Crippen molar-refractivity contribution >= 4 is 17.4 Å². The largest absolute Gasteiger partial charge is 0.353 e. The molecular weight excluding hydrogens is 318 g/mol. The van der Waals surface area contributed by atoms with Crippen LogP contribution in [-0.2, 0) is 13.5 Å². The quantitative estimate of drug-likeness (QED) is 0.658. The van der Waals surface area contributed by atoms with Gasteiger partial charge in [0.05, 0.1) is 11.8 Å². The van der Waals surface area contributed by atoms with E-state index in [1.807, 2.05) is 7.05 Å². The highest BCUT2D eigenvalue weighted by Crippen LogP contribution is 2.28. The van der Waals surface area contributed by atoms with E-state index in [0.29, 0.717) is 17.8 Å². The van der Waals surface area contributed by atoms with Gasteiger partial charge in [0.2, 0.25) is 0 Å². The van der Waals surface area contributed by atoms with Crippen molar-refractivity contribution in [2.24, 2.45) is 7.05 Å². The van der Waals surface area contributed by atoms with Crippen molar-refractivity contribution in [3.8, 4) is 0 Å². The Balaban J connectivity index is 1.63. The molecule has 3 aromatic heterocycles. The van der Waals surface area contributed by atoms with E-state index in [4.69, 9.17) is 0 Å². The highest BCUT2D eigenvalue weighted by atomic mass is 16.1. The van der Waals surface area contributed by atoms with Gasteiger partial charge in [-0.1, -0.05) is 6.92 Å². The number of ketones is 1. The number of rotatable bonds is 5. The topological polar surface area (TPSA) is 81.2 Å². The van der Waals surface area contributed by atoms with E-state index in [-0.39, 0.29) is 11.8 Å². The fourth-order valence-electron chi connectivity index (χ4n) is 3.48. The number of anilines is 1. The monoisotopic (exact) mass is 339 g/mol. The zero-order valence-electron chi connectivity index (χ0n) is 14.5. The van der Waals surface area contributed by atoms with Crippen molar-refractivity contribution < 1.29 is 4.79 Å². The Bertz CT molecular complexity index is 913. The number of hydrogen-bond acceptors (Lipinski definition) is 6. The standard InChI is InChI=1S/C17H21N7O/c1-3-13-7-16(24-17(21-13)18-11-20-24)23-6-4-5-14(23)8-15(25)12-9-19-22(2)10-12/h7,9-11,14H,3-6,8H2,1-2H3/t14-/m1/s1. The van der Waals surface area contributed by atoms with Crippen molar-refractivity contribution in [3.63, 3.8) is 0 Å². The summed E-state index contributed by atoms with van der Waals surface area (Å²) in [7, 11) is 1.82. The third-order valence-electron chi connectivity index (χ3n) is 4.77. The molecule has 25 heavy (non-hydrogen) atoms. The van der Waals surface area contributed by atoms with E-state index in [9.17, 15) is 4.79 Å². The Labute approximate surface area is 145 Å². The number of Topliss-reactive ketones (excluding diaryl/α,β-unsaturated/α-hetero) is 1. The molecule has 1 aliphatic heterocycles. The molecule has 0 radical (unpaired) electrons. The molecule has 0 saturated carbocycles. The van der Waals surface area contributed by atoms with Gasteiger partial charge in [-0.05, 0) is 19.3 Å². The molecule has 8 nitrogen and oxygen atoms in total. The van der Waals surface area contributed by atoms with Crippen LogP contribution >= 0.6 is 0 Å². The molecule has 4 rings (SSSR count). The Morgan fingerprint density at radius 2 is 2.24 bits per heavy atom. The number of hydrogen-bond donors (Lipinski definition) is 0. The summed E-state index contributed by atoms with van der Waals surface area (Å²) >= 11 is 0. The average molecular weight is 339 g/mol. The van der Waals surface area contributed by atoms with Crippen molar-refractivity contribution in [1.82, 2.24) is 29.4 Å². The average Bonchev–Trinajstić information content (AvgIpc) is 3.33. The Morgan fingerprint density at radius 1 is 1.36 bits per heavy atom. The Morgan fingerprint density at radius 3 is 3.00 bits per heavy atom. The molecule has 0 spiro atoms. The second-order valence-electron chi connectivity index (χ2n) is 6.45. The van der Waals surface area contributed by atoms with Gasteiger partial charge in [0.25, 0.3) is 5.78 Å². The van der Waals surface area contributed by atoms with Crippen LogP contribution in [0.5, 0.6) is 0 Å². The molecule has 130 valence electrons. The molecule has 1 atom stereocenters. The molecule has 0 N–H and O–H groups in total. The minimum Gasteiger partial charge on any atom is -0.353 e. The Kier molecular flexibility index (Phi) is 3.95. The van der Waals surface area contributed by atoms with Gasteiger partial charge in [-0.25, -0.2) is 4.98 Å². The molecule has 8 heteroatoms. The summed E-state index contributed by atoms with van der Waals surface area (Å²) in [6, 6.07) is 2.22. The lowest BCUT2D eigenvalue weighted by molar-refractivity contribution is 0.0974. The summed E-state index contributed by atoms with van der Waals surface area (Å²) < 4.78 is 3.43. The maximum absolute atomic E-state index is 12.6. The van der Waals surface area contributed by atoms with Gasteiger partial charge in [-0.3, -0.25) is 9.48 Å². The fourth-order valence-corrected chi connectivity index (χ4v) is 3.48. The maximum Gasteiger partial charge on any atom is 0.254 e. The summed E-state index contributed by atoms with van der Waals surface area (Å²) in [5.41, 5.74) is 1.66. The van der Waals surface area contributed by atoms with Gasteiger partial charge in [0.15, 0.2) is 5.78 Å². The van der Waals surface area contributed by atoms with Crippen LogP contribution in [0, 0.1) is 0 Å².